The molecule has 1 fully saturated rings. The second-order valence-electron chi connectivity index (χ2n) is 6.31. The SMILES string of the molecule is CCn1nc(CNCC2(C)CCOCC2)c2ccccc21. The zero-order valence-electron chi connectivity index (χ0n) is 13.1. The van der Waals surface area contributed by atoms with Gasteiger partial charge >= 0.3 is 0 Å². The highest BCUT2D eigenvalue weighted by molar-refractivity contribution is 5.81. The van der Waals surface area contributed by atoms with Crippen LogP contribution in [0.15, 0.2) is 24.3 Å². The maximum atomic E-state index is 5.46. The zero-order valence-corrected chi connectivity index (χ0v) is 13.1. The van der Waals surface area contributed by atoms with Crippen molar-refractivity contribution >= 4 is 10.9 Å². The molecule has 0 saturated carbocycles. The molecule has 1 aliphatic rings. The van der Waals surface area contributed by atoms with Crippen LogP contribution in [0.25, 0.3) is 10.9 Å². The Morgan fingerprint density at radius 2 is 2.05 bits per heavy atom. The third-order valence-electron chi connectivity index (χ3n) is 4.58. The van der Waals surface area contributed by atoms with E-state index in [-0.39, 0.29) is 0 Å². The van der Waals surface area contributed by atoms with Crippen molar-refractivity contribution < 1.29 is 4.74 Å². The van der Waals surface area contributed by atoms with Crippen molar-refractivity contribution in [1.29, 1.82) is 0 Å². The summed E-state index contributed by atoms with van der Waals surface area (Å²) in [6.07, 6.45) is 2.29. The molecule has 0 bridgehead atoms. The summed E-state index contributed by atoms with van der Waals surface area (Å²) in [4.78, 5) is 0. The number of rotatable bonds is 5. The first kappa shape index (κ1) is 14.5. The van der Waals surface area contributed by atoms with Gasteiger partial charge in [0.25, 0.3) is 0 Å². The maximum absolute atomic E-state index is 5.46. The van der Waals surface area contributed by atoms with Gasteiger partial charge in [0.1, 0.15) is 0 Å². The van der Waals surface area contributed by atoms with Crippen molar-refractivity contribution in [1.82, 2.24) is 15.1 Å². The topological polar surface area (TPSA) is 39.1 Å². The Labute approximate surface area is 126 Å². The Morgan fingerprint density at radius 3 is 2.81 bits per heavy atom. The second kappa shape index (κ2) is 6.16. The lowest BCUT2D eigenvalue weighted by atomic mass is 9.82. The molecule has 4 nitrogen and oxygen atoms in total. The third kappa shape index (κ3) is 3.11. The van der Waals surface area contributed by atoms with Gasteiger partial charge in [-0.1, -0.05) is 25.1 Å². The monoisotopic (exact) mass is 287 g/mol. The normalized spacial score (nSPS) is 18.2. The molecule has 1 aromatic carbocycles. The van der Waals surface area contributed by atoms with Crippen LogP contribution >= 0.6 is 0 Å². The Balaban J connectivity index is 1.68. The number of fused-ring (bicyclic) bond motifs is 1. The summed E-state index contributed by atoms with van der Waals surface area (Å²) in [6.45, 7) is 9.06. The largest absolute Gasteiger partial charge is 0.381 e. The van der Waals surface area contributed by atoms with Gasteiger partial charge in [-0.05, 0) is 31.2 Å². The molecule has 0 amide bonds. The van der Waals surface area contributed by atoms with Crippen molar-refractivity contribution in [3.8, 4) is 0 Å². The van der Waals surface area contributed by atoms with Crippen molar-refractivity contribution in [3.05, 3.63) is 30.0 Å². The molecule has 4 heteroatoms. The predicted molar refractivity (Wildman–Crippen MR) is 85.3 cm³/mol. The average molecular weight is 287 g/mol. The zero-order chi connectivity index (χ0) is 14.7. The minimum atomic E-state index is 0.362. The van der Waals surface area contributed by atoms with Gasteiger partial charge in [0.2, 0.25) is 0 Å². The molecule has 0 spiro atoms. The van der Waals surface area contributed by atoms with Crippen molar-refractivity contribution in [2.45, 2.75) is 39.8 Å². The Hall–Kier alpha value is -1.39. The van der Waals surface area contributed by atoms with Gasteiger partial charge in [-0.2, -0.15) is 5.10 Å². The molecule has 2 heterocycles. The first-order chi connectivity index (χ1) is 10.2. The number of ether oxygens (including phenoxy) is 1. The highest BCUT2D eigenvalue weighted by Crippen LogP contribution is 2.28. The predicted octanol–water partition coefficient (Wildman–Crippen LogP) is 2.96. The van der Waals surface area contributed by atoms with E-state index in [0.29, 0.717) is 5.41 Å². The molecule has 0 aliphatic carbocycles. The van der Waals surface area contributed by atoms with Crippen LogP contribution in [0.4, 0.5) is 0 Å². The Morgan fingerprint density at radius 1 is 1.29 bits per heavy atom. The van der Waals surface area contributed by atoms with E-state index in [9.17, 15) is 0 Å². The number of benzene rings is 1. The number of nitrogens with one attached hydrogen (secondary N) is 1. The molecule has 114 valence electrons. The summed E-state index contributed by atoms with van der Waals surface area (Å²) in [5, 5.41) is 9.62. The number of aromatic nitrogens is 2. The summed E-state index contributed by atoms with van der Waals surface area (Å²) >= 11 is 0. The molecule has 0 atom stereocenters. The van der Waals surface area contributed by atoms with Gasteiger partial charge in [0.15, 0.2) is 0 Å². The van der Waals surface area contributed by atoms with Crippen LogP contribution in [0.1, 0.15) is 32.4 Å². The van der Waals surface area contributed by atoms with E-state index in [2.05, 4.69) is 48.1 Å². The van der Waals surface area contributed by atoms with Gasteiger partial charge in [-0.15, -0.1) is 0 Å². The molecule has 1 N–H and O–H groups in total. The fourth-order valence-corrected chi connectivity index (χ4v) is 3.09. The second-order valence-corrected chi connectivity index (χ2v) is 6.31. The molecule has 0 radical (unpaired) electrons. The highest BCUT2D eigenvalue weighted by atomic mass is 16.5. The van der Waals surface area contributed by atoms with Crippen LogP contribution in [-0.4, -0.2) is 29.5 Å². The van der Waals surface area contributed by atoms with Crippen LogP contribution in [0.3, 0.4) is 0 Å². The number of aryl methyl sites for hydroxylation is 1. The van der Waals surface area contributed by atoms with E-state index in [1.165, 1.54) is 10.9 Å². The summed E-state index contributed by atoms with van der Waals surface area (Å²) in [7, 11) is 0. The molecular formula is C17H25N3O. The van der Waals surface area contributed by atoms with Gasteiger partial charge in [-0.25, -0.2) is 0 Å². The molecule has 1 aliphatic heterocycles. The van der Waals surface area contributed by atoms with Crippen LogP contribution < -0.4 is 5.32 Å². The molecule has 2 aromatic rings. The van der Waals surface area contributed by atoms with Gasteiger partial charge in [-0.3, -0.25) is 4.68 Å². The van der Waals surface area contributed by atoms with E-state index in [1.807, 2.05) is 0 Å². The number of hydrogen-bond donors (Lipinski definition) is 1. The van der Waals surface area contributed by atoms with Crippen molar-refractivity contribution in [3.63, 3.8) is 0 Å². The van der Waals surface area contributed by atoms with Gasteiger partial charge < -0.3 is 10.1 Å². The molecule has 0 unspecified atom stereocenters. The van der Waals surface area contributed by atoms with E-state index in [1.54, 1.807) is 0 Å². The van der Waals surface area contributed by atoms with Crippen molar-refractivity contribution in [2.24, 2.45) is 5.41 Å². The third-order valence-corrected chi connectivity index (χ3v) is 4.58. The molecule has 1 aromatic heterocycles. The summed E-state index contributed by atoms with van der Waals surface area (Å²) in [6, 6.07) is 8.49. The summed E-state index contributed by atoms with van der Waals surface area (Å²) < 4.78 is 7.55. The average Bonchev–Trinajstić information content (AvgIpc) is 2.86. The first-order valence-corrected chi connectivity index (χ1v) is 7.95. The van der Waals surface area contributed by atoms with E-state index in [0.717, 1.165) is 51.4 Å². The Bertz CT molecular complexity index is 599. The highest BCUT2D eigenvalue weighted by Gasteiger charge is 2.26. The molecule has 3 rings (SSSR count). The number of nitrogens with zero attached hydrogens (tertiary/aromatic N) is 2. The maximum Gasteiger partial charge on any atom is 0.0841 e. The van der Waals surface area contributed by atoms with E-state index < -0.39 is 0 Å². The van der Waals surface area contributed by atoms with Gasteiger partial charge in [0, 0.05) is 38.2 Å². The quantitative estimate of drug-likeness (QED) is 0.919. The standard InChI is InChI=1S/C17H25N3O/c1-3-20-16-7-5-4-6-14(16)15(19-20)12-18-13-17(2)8-10-21-11-9-17/h4-7,18H,3,8-13H2,1-2H3. The molecule has 21 heavy (non-hydrogen) atoms. The minimum absolute atomic E-state index is 0.362. The van der Waals surface area contributed by atoms with Crippen LogP contribution in [0.5, 0.6) is 0 Å². The Kier molecular flexibility index (Phi) is 4.27. The lowest BCUT2D eigenvalue weighted by molar-refractivity contribution is 0.0240. The fourth-order valence-electron chi connectivity index (χ4n) is 3.09. The molecular weight excluding hydrogens is 262 g/mol. The lowest BCUT2D eigenvalue weighted by Gasteiger charge is -2.33. The van der Waals surface area contributed by atoms with Crippen LogP contribution in [-0.2, 0) is 17.8 Å². The van der Waals surface area contributed by atoms with E-state index >= 15 is 0 Å². The molecule has 1 saturated heterocycles. The fraction of sp³-hybridized carbons (Fsp3) is 0.588. The minimum Gasteiger partial charge on any atom is -0.381 e. The van der Waals surface area contributed by atoms with Crippen LogP contribution in [0, 0.1) is 5.41 Å². The first-order valence-electron chi connectivity index (χ1n) is 7.95. The van der Waals surface area contributed by atoms with Crippen molar-refractivity contribution in [2.75, 3.05) is 19.8 Å². The summed E-state index contributed by atoms with van der Waals surface area (Å²) in [5.74, 6) is 0. The number of hydrogen-bond acceptors (Lipinski definition) is 3. The lowest BCUT2D eigenvalue weighted by Crippen LogP contribution is -2.36. The summed E-state index contributed by atoms with van der Waals surface area (Å²) in [5.41, 5.74) is 2.75. The van der Waals surface area contributed by atoms with E-state index in [4.69, 9.17) is 9.84 Å². The van der Waals surface area contributed by atoms with Crippen LogP contribution in [0.2, 0.25) is 0 Å². The van der Waals surface area contributed by atoms with Gasteiger partial charge in [0.05, 0.1) is 11.2 Å². The smallest absolute Gasteiger partial charge is 0.0841 e. The number of para-hydroxylation sites is 1.